The molecular formula is C20H19Cl2N3O2. The van der Waals surface area contributed by atoms with E-state index in [1.165, 1.54) is 7.11 Å². The van der Waals surface area contributed by atoms with Gasteiger partial charge in [0.05, 0.1) is 36.3 Å². The zero-order valence-electron chi connectivity index (χ0n) is 15.2. The predicted molar refractivity (Wildman–Crippen MR) is 108 cm³/mol. The fourth-order valence-electron chi connectivity index (χ4n) is 2.86. The highest BCUT2D eigenvalue weighted by Crippen LogP contribution is 2.27. The number of carbonyl (C=O) groups excluding carboxylic acids is 1. The number of nitrogens with one attached hydrogen (secondary N) is 1. The summed E-state index contributed by atoms with van der Waals surface area (Å²) >= 11 is 12.3. The van der Waals surface area contributed by atoms with Gasteiger partial charge in [0.1, 0.15) is 5.75 Å². The molecule has 0 aliphatic carbocycles. The van der Waals surface area contributed by atoms with Crippen LogP contribution in [0.2, 0.25) is 10.0 Å². The molecule has 3 rings (SSSR count). The zero-order valence-corrected chi connectivity index (χ0v) is 16.7. The van der Waals surface area contributed by atoms with Crippen LogP contribution < -0.4 is 10.1 Å². The monoisotopic (exact) mass is 403 g/mol. The number of aromatic nitrogens is 2. The van der Waals surface area contributed by atoms with Crippen LogP contribution in [0.1, 0.15) is 27.3 Å². The molecule has 0 aliphatic heterocycles. The summed E-state index contributed by atoms with van der Waals surface area (Å²) in [5, 5.41) is 8.60. The number of halogens is 2. The second-order valence-corrected chi connectivity index (χ2v) is 6.94. The maximum absolute atomic E-state index is 12.8. The summed E-state index contributed by atoms with van der Waals surface area (Å²) in [5.41, 5.74) is 3.53. The molecule has 0 aliphatic rings. The van der Waals surface area contributed by atoms with Crippen LogP contribution in [0.15, 0.2) is 42.5 Å². The molecular weight excluding hydrogens is 385 g/mol. The number of amides is 1. The topological polar surface area (TPSA) is 56.1 Å². The largest absolute Gasteiger partial charge is 0.496 e. The van der Waals surface area contributed by atoms with Crippen molar-refractivity contribution in [3.8, 4) is 5.75 Å². The van der Waals surface area contributed by atoms with Gasteiger partial charge >= 0.3 is 0 Å². The summed E-state index contributed by atoms with van der Waals surface area (Å²) in [7, 11) is 1.51. The van der Waals surface area contributed by atoms with Gasteiger partial charge in [0, 0.05) is 10.0 Å². The number of carbonyl (C=O) groups is 1. The lowest BCUT2D eigenvalue weighted by Crippen LogP contribution is -2.14. The molecule has 0 radical (unpaired) electrons. The van der Waals surface area contributed by atoms with Crippen molar-refractivity contribution in [1.82, 2.24) is 9.78 Å². The minimum absolute atomic E-state index is 0.308. The lowest BCUT2D eigenvalue weighted by molar-refractivity contribution is 0.102. The Morgan fingerprint density at radius 1 is 1.19 bits per heavy atom. The van der Waals surface area contributed by atoms with E-state index < -0.39 is 0 Å². The Balaban J connectivity index is 1.88. The molecule has 0 saturated heterocycles. The normalized spacial score (nSPS) is 10.7. The second kappa shape index (κ2) is 8.03. The van der Waals surface area contributed by atoms with Gasteiger partial charge in [-0.05, 0) is 43.7 Å². The average molecular weight is 404 g/mol. The van der Waals surface area contributed by atoms with Gasteiger partial charge < -0.3 is 10.1 Å². The van der Waals surface area contributed by atoms with Crippen molar-refractivity contribution in [2.24, 2.45) is 0 Å². The first-order valence-corrected chi connectivity index (χ1v) is 9.08. The molecule has 1 heterocycles. The summed E-state index contributed by atoms with van der Waals surface area (Å²) in [6.07, 6.45) is 0. The molecule has 1 aromatic heterocycles. The van der Waals surface area contributed by atoms with Crippen LogP contribution in [0, 0.1) is 13.8 Å². The highest BCUT2D eigenvalue weighted by atomic mass is 35.5. The van der Waals surface area contributed by atoms with Gasteiger partial charge in [0.2, 0.25) is 0 Å². The standard InChI is InChI=1S/C20H19Cl2N3O2/c1-12-19(23-20(26)16-10-15(21)8-9-18(16)27-3)13(2)25(24-12)11-14-6-4-5-7-17(14)22/h4-10H,11H2,1-3H3,(H,23,26). The van der Waals surface area contributed by atoms with Crippen molar-refractivity contribution in [2.45, 2.75) is 20.4 Å². The van der Waals surface area contributed by atoms with E-state index in [4.69, 9.17) is 27.9 Å². The number of benzene rings is 2. The maximum atomic E-state index is 12.8. The fraction of sp³-hybridized carbons (Fsp3) is 0.200. The van der Waals surface area contributed by atoms with Gasteiger partial charge in [-0.3, -0.25) is 9.48 Å². The number of methoxy groups -OCH3 is 1. The Morgan fingerprint density at radius 3 is 2.63 bits per heavy atom. The van der Waals surface area contributed by atoms with E-state index in [1.54, 1.807) is 18.2 Å². The van der Waals surface area contributed by atoms with Crippen molar-refractivity contribution >= 4 is 34.8 Å². The van der Waals surface area contributed by atoms with Gasteiger partial charge in [-0.1, -0.05) is 41.4 Å². The Labute approximate surface area is 167 Å². The van der Waals surface area contributed by atoms with Crippen LogP contribution in [0.5, 0.6) is 5.75 Å². The molecule has 5 nitrogen and oxygen atoms in total. The molecule has 0 atom stereocenters. The first-order chi connectivity index (χ1) is 12.9. The predicted octanol–water partition coefficient (Wildman–Crippen LogP) is 5.12. The molecule has 3 aromatic rings. The number of aryl methyl sites for hydroxylation is 1. The minimum atomic E-state index is -0.308. The van der Waals surface area contributed by atoms with Gasteiger partial charge in [-0.15, -0.1) is 0 Å². The second-order valence-electron chi connectivity index (χ2n) is 6.09. The Kier molecular flexibility index (Phi) is 5.73. The van der Waals surface area contributed by atoms with Gasteiger partial charge in [-0.2, -0.15) is 5.10 Å². The third-order valence-corrected chi connectivity index (χ3v) is 4.91. The lowest BCUT2D eigenvalue weighted by Gasteiger charge is -2.11. The van der Waals surface area contributed by atoms with Gasteiger partial charge in [0.25, 0.3) is 5.91 Å². The Morgan fingerprint density at radius 2 is 1.93 bits per heavy atom. The molecule has 0 fully saturated rings. The van der Waals surface area contributed by atoms with E-state index in [-0.39, 0.29) is 5.91 Å². The van der Waals surface area contributed by atoms with Crippen LogP contribution >= 0.6 is 23.2 Å². The highest BCUT2D eigenvalue weighted by molar-refractivity contribution is 6.31. The number of nitrogens with zero attached hydrogens (tertiary/aromatic N) is 2. The van der Waals surface area contributed by atoms with E-state index >= 15 is 0 Å². The zero-order chi connectivity index (χ0) is 19.6. The summed E-state index contributed by atoms with van der Waals surface area (Å²) < 4.78 is 7.08. The van der Waals surface area contributed by atoms with E-state index in [0.717, 1.165) is 11.3 Å². The molecule has 7 heteroatoms. The molecule has 0 bridgehead atoms. The molecule has 1 amide bonds. The number of rotatable bonds is 5. The summed E-state index contributed by atoms with van der Waals surface area (Å²) in [6, 6.07) is 12.5. The molecule has 0 spiro atoms. The van der Waals surface area contributed by atoms with E-state index in [9.17, 15) is 4.79 Å². The van der Waals surface area contributed by atoms with Crippen molar-refractivity contribution < 1.29 is 9.53 Å². The Hall–Kier alpha value is -2.50. The molecule has 2 aromatic carbocycles. The van der Waals surface area contributed by atoms with Crippen molar-refractivity contribution in [2.75, 3.05) is 12.4 Å². The van der Waals surface area contributed by atoms with Crippen LogP contribution in [-0.4, -0.2) is 22.8 Å². The number of anilines is 1. The third kappa shape index (κ3) is 4.10. The molecule has 0 saturated carbocycles. The quantitative estimate of drug-likeness (QED) is 0.643. The Bertz CT molecular complexity index is 999. The fourth-order valence-corrected chi connectivity index (χ4v) is 3.23. The molecule has 0 unspecified atom stereocenters. The third-order valence-electron chi connectivity index (χ3n) is 4.30. The van der Waals surface area contributed by atoms with Gasteiger partial charge in [-0.25, -0.2) is 0 Å². The maximum Gasteiger partial charge on any atom is 0.259 e. The average Bonchev–Trinajstić information content (AvgIpc) is 2.91. The smallest absolute Gasteiger partial charge is 0.259 e. The van der Waals surface area contributed by atoms with Crippen molar-refractivity contribution in [1.29, 1.82) is 0 Å². The lowest BCUT2D eigenvalue weighted by atomic mass is 10.1. The molecule has 27 heavy (non-hydrogen) atoms. The SMILES string of the molecule is COc1ccc(Cl)cc1C(=O)Nc1c(C)nn(Cc2ccccc2Cl)c1C. The van der Waals surface area contributed by atoms with Gasteiger partial charge in [0.15, 0.2) is 0 Å². The molecule has 1 N–H and O–H groups in total. The van der Waals surface area contributed by atoms with E-state index in [2.05, 4.69) is 10.4 Å². The minimum Gasteiger partial charge on any atom is -0.496 e. The van der Waals surface area contributed by atoms with E-state index in [0.29, 0.717) is 39.3 Å². The van der Waals surface area contributed by atoms with Crippen LogP contribution in [0.3, 0.4) is 0 Å². The van der Waals surface area contributed by atoms with Crippen molar-refractivity contribution in [3.63, 3.8) is 0 Å². The number of hydrogen-bond acceptors (Lipinski definition) is 3. The summed E-state index contributed by atoms with van der Waals surface area (Å²) in [6.45, 7) is 4.27. The first kappa shape index (κ1) is 19.3. The molecule has 140 valence electrons. The number of hydrogen-bond donors (Lipinski definition) is 1. The number of ether oxygens (including phenoxy) is 1. The van der Waals surface area contributed by atoms with Crippen LogP contribution in [-0.2, 0) is 6.54 Å². The van der Waals surface area contributed by atoms with Crippen LogP contribution in [0.4, 0.5) is 5.69 Å². The first-order valence-electron chi connectivity index (χ1n) is 8.33. The summed E-state index contributed by atoms with van der Waals surface area (Å²) in [4.78, 5) is 12.8. The van der Waals surface area contributed by atoms with E-state index in [1.807, 2.05) is 42.8 Å². The van der Waals surface area contributed by atoms with Crippen LogP contribution in [0.25, 0.3) is 0 Å². The summed E-state index contributed by atoms with van der Waals surface area (Å²) in [5.74, 6) is 0.147. The van der Waals surface area contributed by atoms with Crippen molar-refractivity contribution in [3.05, 3.63) is 75.0 Å². The highest BCUT2D eigenvalue weighted by Gasteiger charge is 2.18.